The molecule has 0 bridgehead atoms. The molecule has 1 aromatic heterocycles. The first-order valence-corrected chi connectivity index (χ1v) is 8.22. The number of hydrogen-bond acceptors (Lipinski definition) is 6. The largest absolute Gasteiger partial charge is 0.508 e. The van der Waals surface area contributed by atoms with Crippen LogP contribution in [0.1, 0.15) is 12.8 Å². The van der Waals surface area contributed by atoms with Gasteiger partial charge in [-0.15, -0.1) is 0 Å². The molecule has 1 aliphatic heterocycles. The Kier molecular flexibility index (Phi) is 5.31. The SMILES string of the molecule is C=CC(=O)N1CCC[C@H](Oc2nc(Nc3cccc(O)c3)ncc2F)C1. The molecule has 1 aliphatic rings. The minimum absolute atomic E-state index is 0.0859. The molecule has 2 aromatic rings. The zero-order valence-electron chi connectivity index (χ0n) is 14.1. The van der Waals surface area contributed by atoms with E-state index in [2.05, 4.69) is 21.9 Å². The van der Waals surface area contributed by atoms with E-state index in [-0.39, 0.29) is 29.6 Å². The standard InChI is InChI=1S/C18H19FN4O3/c1-2-16(25)23-8-4-7-14(11-23)26-17-15(19)10-20-18(22-17)21-12-5-3-6-13(24)9-12/h2-3,5-6,9-10,14,24H,1,4,7-8,11H2,(H,20,21,22)/t14-/m0/s1. The Morgan fingerprint density at radius 1 is 1.50 bits per heavy atom. The number of carbonyl (C=O) groups excluding carboxylic acids is 1. The van der Waals surface area contributed by atoms with Gasteiger partial charge in [-0.2, -0.15) is 9.37 Å². The Morgan fingerprint density at radius 3 is 3.12 bits per heavy atom. The Balaban J connectivity index is 1.71. The summed E-state index contributed by atoms with van der Waals surface area (Å²) >= 11 is 0. The molecule has 0 spiro atoms. The van der Waals surface area contributed by atoms with Crippen LogP contribution in [0.15, 0.2) is 43.1 Å². The van der Waals surface area contributed by atoms with E-state index in [1.807, 2.05) is 0 Å². The number of phenols is 1. The lowest BCUT2D eigenvalue weighted by atomic mass is 10.1. The number of anilines is 2. The molecule has 136 valence electrons. The maximum atomic E-state index is 14.0. The lowest BCUT2D eigenvalue weighted by molar-refractivity contribution is -0.128. The summed E-state index contributed by atoms with van der Waals surface area (Å²) in [6.07, 6.45) is 3.37. The Labute approximate surface area is 150 Å². The van der Waals surface area contributed by atoms with E-state index in [1.54, 1.807) is 17.0 Å². The summed E-state index contributed by atoms with van der Waals surface area (Å²) < 4.78 is 19.7. The molecule has 26 heavy (non-hydrogen) atoms. The molecule has 1 atom stereocenters. The lowest BCUT2D eigenvalue weighted by Crippen LogP contribution is -2.43. The van der Waals surface area contributed by atoms with Crippen LogP contribution in [0.4, 0.5) is 16.0 Å². The number of piperidine rings is 1. The third-order valence-electron chi connectivity index (χ3n) is 3.96. The van der Waals surface area contributed by atoms with Crippen molar-refractivity contribution < 1.29 is 19.0 Å². The van der Waals surface area contributed by atoms with Gasteiger partial charge in [-0.1, -0.05) is 12.6 Å². The van der Waals surface area contributed by atoms with E-state index < -0.39 is 5.82 Å². The number of ether oxygens (including phenoxy) is 1. The molecule has 1 aromatic carbocycles. The number of rotatable bonds is 5. The molecule has 0 aliphatic carbocycles. The Hall–Kier alpha value is -3.16. The normalized spacial score (nSPS) is 16.8. The van der Waals surface area contributed by atoms with Gasteiger partial charge >= 0.3 is 0 Å². The van der Waals surface area contributed by atoms with Crippen LogP contribution in [0.5, 0.6) is 11.6 Å². The number of carbonyl (C=O) groups is 1. The van der Waals surface area contributed by atoms with Crippen molar-refractivity contribution in [3.8, 4) is 11.6 Å². The number of phenolic OH excluding ortho intramolecular Hbond substituents is 1. The summed E-state index contributed by atoms with van der Waals surface area (Å²) in [7, 11) is 0. The second-order valence-corrected chi connectivity index (χ2v) is 5.89. The zero-order valence-corrected chi connectivity index (χ0v) is 14.1. The first-order chi connectivity index (χ1) is 12.5. The number of aromatic nitrogens is 2. The average Bonchev–Trinajstić information content (AvgIpc) is 2.64. The van der Waals surface area contributed by atoms with Crippen molar-refractivity contribution in [2.75, 3.05) is 18.4 Å². The molecular weight excluding hydrogens is 339 g/mol. The maximum absolute atomic E-state index is 14.0. The number of nitrogens with zero attached hydrogens (tertiary/aromatic N) is 3. The number of halogens is 1. The predicted molar refractivity (Wildman–Crippen MR) is 93.8 cm³/mol. The fourth-order valence-electron chi connectivity index (χ4n) is 2.73. The van der Waals surface area contributed by atoms with Gasteiger partial charge in [-0.3, -0.25) is 4.79 Å². The van der Waals surface area contributed by atoms with E-state index in [0.29, 0.717) is 25.2 Å². The summed E-state index contributed by atoms with van der Waals surface area (Å²) in [6, 6.07) is 6.40. The van der Waals surface area contributed by atoms with E-state index in [0.717, 1.165) is 12.6 Å². The van der Waals surface area contributed by atoms with E-state index in [1.165, 1.54) is 18.2 Å². The minimum Gasteiger partial charge on any atom is -0.508 e. The van der Waals surface area contributed by atoms with Gasteiger partial charge in [0.25, 0.3) is 5.88 Å². The van der Waals surface area contributed by atoms with Crippen molar-refractivity contribution in [1.29, 1.82) is 0 Å². The first-order valence-electron chi connectivity index (χ1n) is 8.22. The fraction of sp³-hybridized carbons (Fsp3) is 0.278. The fourth-order valence-corrected chi connectivity index (χ4v) is 2.73. The van der Waals surface area contributed by atoms with Gasteiger partial charge in [0.15, 0.2) is 0 Å². The molecule has 2 heterocycles. The molecule has 7 nitrogen and oxygen atoms in total. The smallest absolute Gasteiger partial charge is 0.255 e. The van der Waals surface area contributed by atoms with Gasteiger partial charge in [0.2, 0.25) is 17.7 Å². The highest BCUT2D eigenvalue weighted by molar-refractivity contribution is 5.87. The zero-order chi connectivity index (χ0) is 18.5. The number of benzene rings is 1. The highest BCUT2D eigenvalue weighted by Crippen LogP contribution is 2.23. The quantitative estimate of drug-likeness (QED) is 0.799. The van der Waals surface area contributed by atoms with E-state index in [9.17, 15) is 14.3 Å². The van der Waals surface area contributed by atoms with E-state index >= 15 is 0 Å². The number of nitrogens with one attached hydrogen (secondary N) is 1. The summed E-state index contributed by atoms with van der Waals surface area (Å²) in [4.78, 5) is 21.3. The average molecular weight is 358 g/mol. The summed E-state index contributed by atoms with van der Waals surface area (Å²) in [5.74, 6) is -0.809. The molecule has 8 heteroatoms. The number of amides is 1. The number of hydrogen-bond donors (Lipinski definition) is 2. The van der Waals surface area contributed by atoms with Gasteiger partial charge in [0.05, 0.1) is 12.7 Å². The van der Waals surface area contributed by atoms with Crippen LogP contribution in [-0.4, -0.2) is 45.1 Å². The molecule has 1 saturated heterocycles. The van der Waals surface area contributed by atoms with Crippen LogP contribution in [0.25, 0.3) is 0 Å². The monoisotopic (exact) mass is 358 g/mol. The predicted octanol–water partition coefficient (Wildman–Crippen LogP) is 2.62. The van der Waals surface area contributed by atoms with Crippen molar-refractivity contribution in [1.82, 2.24) is 14.9 Å². The van der Waals surface area contributed by atoms with Crippen molar-refractivity contribution in [3.05, 3.63) is 48.9 Å². The van der Waals surface area contributed by atoms with Gasteiger partial charge in [-0.05, 0) is 31.1 Å². The van der Waals surface area contributed by atoms with Crippen LogP contribution >= 0.6 is 0 Å². The molecule has 0 unspecified atom stereocenters. The van der Waals surface area contributed by atoms with Crippen LogP contribution in [0.2, 0.25) is 0 Å². The molecule has 0 radical (unpaired) electrons. The lowest BCUT2D eigenvalue weighted by Gasteiger charge is -2.32. The topological polar surface area (TPSA) is 87.6 Å². The van der Waals surface area contributed by atoms with Crippen LogP contribution in [0, 0.1) is 5.82 Å². The van der Waals surface area contributed by atoms with Crippen molar-refractivity contribution >= 4 is 17.5 Å². The van der Waals surface area contributed by atoms with Crippen molar-refractivity contribution in [2.24, 2.45) is 0 Å². The highest BCUT2D eigenvalue weighted by Gasteiger charge is 2.25. The van der Waals surface area contributed by atoms with Crippen molar-refractivity contribution in [3.63, 3.8) is 0 Å². The molecular formula is C18H19FN4O3. The van der Waals surface area contributed by atoms with Crippen molar-refractivity contribution in [2.45, 2.75) is 18.9 Å². The van der Waals surface area contributed by atoms with Gasteiger partial charge < -0.3 is 20.1 Å². The Bertz CT molecular complexity index is 815. The van der Waals surface area contributed by atoms with Crippen LogP contribution in [0.3, 0.4) is 0 Å². The second-order valence-electron chi connectivity index (χ2n) is 5.89. The third kappa shape index (κ3) is 4.27. The first kappa shape index (κ1) is 17.7. The molecule has 2 N–H and O–H groups in total. The molecule has 1 amide bonds. The summed E-state index contributed by atoms with van der Waals surface area (Å²) in [5, 5.41) is 12.4. The minimum atomic E-state index is -0.682. The van der Waals surface area contributed by atoms with Crippen LogP contribution in [-0.2, 0) is 4.79 Å². The summed E-state index contributed by atoms with van der Waals surface area (Å²) in [6.45, 7) is 4.45. The number of aromatic hydroxyl groups is 1. The van der Waals surface area contributed by atoms with Gasteiger partial charge in [0.1, 0.15) is 11.9 Å². The van der Waals surface area contributed by atoms with E-state index in [4.69, 9.17) is 4.74 Å². The molecule has 0 saturated carbocycles. The summed E-state index contributed by atoms with van der Waals surface area (Å²) in [5.41, 5.74) is 0.558. The maximum Gasteiger partial charge on any atom is 0.255 e. The highest BCUT2D eigenvalue weighted by atomic mass is 19.1. The Morgan fingerprint density at radius 2 is 2.35 bits per heavy atom. The van der Waals surface area contributed by atoms with Gasteiger partial charge in [-0.25, -0.2) is 4.98 Å². The number of likely N-dealkylation sites (tertiary alicyclic amines) is 1. The second kappa shape index (κ2) is 7.81. The molecule has 3 rings (SSSR count). The molecule has 1 fully saturated rings. The third-order valence-corrected chi connectivity index (χ3v) is 3.96. The van der Waals surface area contributed by atoms with Gasteiger partial charge in [0, 0.05) is 18.3 Å². The van der Waals surface area contributed by atoms with Crippen LogP contribution < -0.4 is 10.1 Å².